The van der Waals surface area contributed by atoms with Crippen LogP contribution >= 0.6 is 0 Å². The molecular formula is C15H29NO2. The zero-order valence-corrected chi connectivity index (χ0v) is 12.2. The summed E-state index contributed by atoms with van der Waals surface area (Å²) in [4.78, 5) is 12.9. The predicted molar refractivity (Wildman–Crippen MR) is 74.7 cm³/mol. The van der Waals surface area contributed by atoms with Crippen molar-refractivity contribution in [1.29, 1.82) is 0 Å². The largest absolute Gasteiger partial charge is 0.480 e. The molecule has 3 heteroatoms. The summed E-state index contributed by atoms with van der Waals surface area (Å²) >= 11 is 0. The molecule has 1 aliphatic rings. The Morgan fingerprint density at radius 1 is 1.17 bits per heavy atom. The average molecular weight is 255 g/mol. The van der Waals surface area contributed by atoms with E-state index in [1.807, 2.05) is 0 Å². The molecule has 0 radical (unpaired) electrons. The average Bonchev–Trinajstić information content (AvgIpc) is 2.24. The van der Waals surface area contributed by atoms with E-state index in [4.69, 9.17) is 5.11 Å². The third kappa shape index (κ3) is 5.85. The smallest absolute Gasteiger partial charge is 0.317 e. The van der Waals surface area contributed by atoms with Crippen molar-refractivity contribution >= 4 is 5.97 Å². The monoisotopic (exact) mass is 255 g/mol. The maximum atomic E-state index is 10.8. The molecule has 0 amide bonds. The summed E-state index contributed by atoms with van der Waals surface area (Å²) in [5.74, 6) is 1.79. The molecule has 0 saturated heterocycles. The van der Waals surface area contributed by atoms with Gasteiger partial charge in [0.25, 0.3) is 0 Å². The van der Waals surface area contributed by atoms with Gasteiger partial charge in [0.1, 0.15) is 0 Å². The molecule has 1 N–H and O–H groups in total. The lowest BCUT2D eigenvalue weighted by Gasteiger charge is -2.32. The van der Waals surface area contributed by atoms with Crippen LogP contribution in [0.2, 0.25) is 0 Å². The molecule has 0 spiro atoms. The van der Waals surface area contributed by atoms with Gasteiger partial charge in [-0.15, -0.1) is 0 Å². The Hall–Kier alpha value is -0.570. The number of aliphatic carboxylic acids is 1. The van der Waals surface area contributed by atoms with Crippen LogP contribution < -0.4 is 0 Å². The molecule has 18 heavy (non-hydrogen) atoms. The van der Waals surface area contributed by atoms with Crippen LogP contribution in [0, 0.1) is 17.8 Å². The van der Waals surface area contributed by atoms with Crippen LogP contribution in [-0.2, 0) is 4.79 Å². The minimum atomic E-state index is -0.700. The van der Waals surface area contributed by atoms with E-state index in [1.165, 1.54) is 25.7 Å². The van der Waals surface area contributed by atoms with Crippen LogP contribution in [0.3, 0.4) is 0 Å². The van der Waals surface area contributed by atoms with Gasteiger partial charge in [-0.05, 0) is 62.9 Å². The highest BCUT2D eigenvalue weighted by molar-refractivity contribution is 5.69. The zero-order chi connectivity index (χ0) is 13.5. The van der Waals surface area contributed by atoms with Crippen LogP contribution in [0.1, 0.15) is 52.9 Å². The highest BCUT2D eigenvalue weighted by Gasteiger charge is 2.24. The molecule has 0 aromatic rings. The van der Waals surface area contributed by atoms with E-state index in [0.29, 0.717) is 0 Å². The lowest BCUT2D eigenvalue weighted by Crippen LogP contribution is -2.33. The molecule has 0 bridgehead atoms. The van der Waals surface area contributed by atoms with E-state index in [9.17, 15) is 4.79 Å². The van der Waals surface area contributed by atoms with Gasteiger partial charge >= 0.3 is 5.97 Å². The summed E-state index contributed by atoms with van der Waals surface area (Å²) in [7, 11) is 0. The molecule has 0 aromatic heterocycles. The van der Waals surface area contributed by atoms with Crippen molar-refractivity contribution in [3.63, 3.8) is 0 Å². The van der Waals surface area contributed by atoms with E-state index >= 15 is 0 Å². The highest BCUT2D eigenvalue weighted by atomic mass is 16.4. The first kappa shape index (κ1) is 15.5. The van der Waals surface area contributed by atoms with Gasteiger partial charge in [0.05, 0.1) is 6.54 Å². The second kappa shape index (κ2) is 7.78. The van der Waals surface area contributed by atoms with Gasteiger partial charge in [-0.2, -0.15) is 0 Å². The number of nitrogens with zero attached hydrogens (tertiary/aromatic N) is 1. The van der Waals surface area contributed by atoms with Crippen LogP contribution in [0.15, 0.2) is 0 Å². The summed E-state index contributed by atoms with van der Waals surface area (Å²) in [6.45, 7) is 8.87. The van der Waals surface area contributed by atoms with E-state index in [0.717, 1.165) is 37.3 Å². The number of carboxylic acids is 1. The van der Waals surface area contributed by atoms with Crippen molar-refractivity contribution in [2.45, 2.75) is 52.9 Å². The topological polar surface area (TPSA) is 40.5 Å². The minimum Gasteiger partial charge on any atom is -0.480 e. The Balaban J connectivity index is 2.33. The number of hydrogen-bond acceptors (Lipinski definition) is 2. The quantitative estimate of drug-likeness (QED) is 0.759. The second-order valence-corrected chi connectivity index (χ2v) is 6.24. The number of hydrogen-bond donors (Lipinski definition) is 1. The SMILES string of the molecule is CCCN(CCC1CC(C)CC(C)C1)CC(=O)O. The molecular weight excluding hydrogens is 226 g/mol. The lowest BCUT2D eigenvalue weighted by molar-refractivity contribution is -0.138. The Labute approximate surface area is 112 Å². The Bertz CT molecular complexity index is 245. The van der Waals surface area contributed by atoms with E-state index in [1.54, 1.807) is 0 Å². The number of carboxylic acid groups (broad SMARTS) is 1. The summed E-state index contributed by atoms with van der Waals surface area (Å²) in [6, 6.07) is 0. The first-order chi connectivity index (χ1) is 8.51. The summed E-state index contributed by atoms with van der Waals surface area (Å²) in [6.07, 6.45) is 6.23. The molecule has 0 heterocycles. The number of rotatable bonds is 7. The van der Waals surface area contributed by atoms with Gasteiger partial charge in [-0.25, -0.2) is 0 Å². The van der Waals surface area contributed by atoms with Crippen molar-refractivity contribution in [2.24, 2.45) is 17.8 Å². The standard InChI is InChI=1S/C15H29NO2/c1-4-6-16(11-15(17)18)7-5-14-9-12(2)8-13(3)10-14/h12-14H,4-11H2,1-3H3,(H,17,18). The fourth-order valence-electron chi connectivity index (χ4n) is 3.49. The van der Waals surface area contributed by atoms with Gasteiger partial charge < -0.3 is 5.11 Å². The lowest BCUT2D eigenvalue weighted by atomic mass is 9.75. The van der Waals surface area contributed by atoms with Crippen molar-refractivity contribution in [3.8, 4) is 0 Å². The van der Waals surface area contributed by atoms with Gasteiger partial charge in [-0.3, -0.25) is 9.69 Å². The first-order valence-electron chi connectivity index (χ1n) is 7.45. The Kier molecular flexibility index (Phi) is 6.69. The molecule has 2 unspecified atom stereocenters. The molecule has 2 atom stereocenters. The Morgan fingerprint density at radius 2 is 1.78 bits per heavy atom. The van der Waals surface area contributed by atoms with Gasteiger partial charge in [0, 0.05) is 0 Å². The van der Waals surface area contributed by atoms with Crippen molar-refractivity contribution < 1.29 is 9.90 Å². The van der Waals surface area contributed by atoms with Gasteiger partial charge in [0.2, 0.25) is 0 Å². The molecule has 3 nitrogen and oxygen atoms in total. The molecule has 0 aromatic carbocycles. The molecule has 1 rings (SSSR count). The van der Waals surface area contributed by atoms with Crippen molar-refractivity contribution in [1.82, 2.24) is 4.90 Å². The zero-order valence-electron chi connectivity index (χ0n) is 12.2. The van der Waals surface area contributed by atoms with Gasteiger partial charge in [-0.1, -0.05) is 20.8 Å². The molecule has 1 saturated carbocycles. The van der Waals surface area contributed by atoms with Crippen molar-refractivity contribution in [3.05, 3.63) is 0 Å². The molecule has 1 aliphatic carbocycles. The Morgan fingerprint density at radius 3 is 2.28 bits per heavy atom. The molecule has 0 aliphatic heterocycles. The van der Waals surface area contributed by atoms with Crippen LogP contribution in [0.4, 0.5) is 0 Å². The third-order valence-electron chi connectivity index (χ3n) is 4.03. The van der Waals surface area contributed by atoms with Crippen molar-refractivity contribution in [2.75, 3.05) is 19.6 Å². The summed E-state index contributed by atoms with van der Waals surface area (Å²) < 4.78 is 0. The van der Waals surface area contributed by atoms with E-state index in [-0.39, 0.29) is 6.54 Å². The first-order valence-corrected chi connectivity index (χ1v) is 7.45. The molecule has 1 fully saturated rings. The minimum absolute atomic E-state index is 0.200. The fraction of sp³-hybridized carbons (Fsp3) is 0.933. The van der Waals surface area contributed by atoms with Crippen LogP contribution in [0.5, 0.6) is 0 Å². The predicted octanol–water partition coefficient (Wildman–Crippen LogP) is 3.25. The molecule has 106 valence electrons. The summed E-state index contributed by atoms with van der Waals surface area (Å²) in [5, 5.41) is 8.89. The maximum Gasteiger partial charge on any atom is 0.317 e. The van der Waals surface area contributed by atoms with Crippen LogP contribution in [0.25, 0.3) is 0 Å². The van der Waals surface area contributed by atoms with Gasteiger partial charge in [0.15, 0.2) is 0 Å². The van der Waals surface area contributed by atoms with E-state index in [2.05, 4.69) is 25.7 Å². The highest BCUT2D eigenvalue weighted by Crippen LogP contribution is 2.34. The third-order valence-corrected chi connectivity index (χ3v) is 4.03. The van der Waals surface area contributed by atoms with Crippen LogP contribution in [-0.4, -0.2) is 35.6 Å². The normalized spacial score (nSPS) is 28.6. The second-order valence-electron chi connectivity index (χ2n) is 6.24. The number of carbonyl (C=O) groups is 1. The maximum absolute atomic E-state index is 10.8. The fourth-order valence-corrected chi connectivity index (χ4v) is 3.49. The summed E-state index contributed by atoms with van der Waals surface area (Å²) in [5.41, 5.74) is 0. The van der Waals surface area contributed by atoms with E-state index < -0.39 is 5.97 Å².